The van der Waals surface area contributed by atoms with Crippen molar-refractivity contribution in [2.45, 2.75) is 58.0 Å². The summed E-state index contributed by atoms with van der Waals surface area (Å²) in [6, 6.07) is 10.1. The molecule has 5 rings (SSSR count). The van der Waals surface area contributed by atoms with Gasteiger partial charge in [0.1, 0.15) is 17.5 Å². The van der Waals surface area contributed by atoms with Crippen LogP contribution in [0.15, 0.2) is 42.6 Å². The summed E-state index contributed by atoms with van der Waals surface area (Å²) in [5.74, 6) is 7.05. The van der Waals surface area contributed by atoms with E-state index in [0.717, 1.165) is 48.1 Å². The quantitative estimate of drug-likeness (QED) is 0.0986. The minimum atomic E-state index is -1.24. The summed E-state index contributed by atoms with van der Waals surface area (Å²) in [6.45, 7) is 4.89. The van der Waals surface area contributed by atoms with Crippen LogP contribution in [0.4, 0.5) is 9.18 Å². The zero-order chi connectivity index (χ0) is 34.2. The molecule has 0 bridgehead atoms. The molecule has 2 atom stereocenters. The van der Waals surface area contributed by atoms with Crippen molar-refractivity contribution in [2.75, 3.05) is 26.7 Å². The fraction of sp³-hybridized carbons (Fsp3) is 0.400. The van der Waals surface area contributed by atoms with Gasteiger partial charge in [-0.1, -0.05) is 25.7 Å². The lowest BCUT2D eigenvalue weighted by molar-refractivity contribution is -0.135. The molecule has 0 saturated carbocycles. The Kier molecular flexibility index (Phi) is 11.1. The van der Waals surface area contributed by atoms with E-state index in [2.05, 4.69) is 42.4 Å². The van der Waals surface area contributed by atoms with Gasteiger partial charge in [0.05, 0.1) is 41.6 Å². The van der Waals surface area contributed by atoms with Crippen LogP contribution in [0.2, 0.25) is 0 Å². The maximum atomic E-state index is 15.3. The van der Waals surface area contributed by atoms with E-state index in [1.54, 1.807) is 25.4 Å². The minimum Gasteiger partial charge on any atom is -0.465 e. The number of carbonyl (C=O) groups excluding carboxylic acids is 2. The zero-order valence-corrected chi connectivity index (χ0v) is 27.3. The van der Waals surface area contributed by atoms with E-state index in [0.29, 0.717) is 42.2 Å². The van der Waals surface area contributed by atoms with Crippen LogP contribution in [-0.2, 0) is 16.0 Å². The molecule has 1 aliphatic heterocycles. The summed E-state index contributed by atoms with van der Waals surface area (Å²) in [7, 11) is 1.80. The second-order valence-corrected chi connectivity index (χ2v) is 12.2. The standard InChI is InChI=1S/C35H41FN8O4/c1-21(2)32(37-3)34(46)44-16-6-7-29(44)33-39-19-28(43-33)24-13-11-22(17-25(24)36)9-10-23-12-14-26-27(18-23)42-30(41-26)8-4-5-15-38-31(45)20-40-35(47)48/h11-14,17-19,21,29,32,37,40H,4-8,15-16,20H2,1-3H3,(H,38,45)(H,39,43)(H,41,42)(H,47,48). The molecule has 1 saturated heterocycles. The van der Waals surface area contributed by atoms with E-state index in [1.165, 1.54) is 6.07 Å². The number of amides is 3. The van der Waals surface area contributed by atoms with Gasteiger partial charge in [-0.3, -0.25) is 9.59 Å². The van der Waals surface area contributed by atoms with Crippen LogP contribution < -0.4 is 16.0 Å². The molecule has 6 N–H and O–H groups in total. The molecule has 2 aromatic heterocycles. The molecule has 3 heterocycles. The van der Waals surface area contributed by atoms with Crippen molar-refractivity contribution in [1.82, 2.24) is 40.8 Å². The third-order valence-electron chi connectivity index (χ3n) is 8.39. The molecule has 2 unspecified atom stereocenters. The average molecular weight is 657 g/mol. The van der Waals surface area contributed by atoms with E-state index < -0.39 is 11.9 Å². The highest BCUT2D eigenvalue weighted by Crippen LogP contribution is 2.33. The van der Waals surface area contributed by atoms with Crippen molar-refractivity contribution >= 4 is 28.9 Å². The largest absolute Gasteiger partial charge is 0.465 e. The van der Waals surface area contributed by atoms with E-state index in [1.807, 2.05) is 42.3 Å². The van der Waals surface area contributed by atoms with Crippen molar-refractivity contribution in [3.63, 3.8) is 0 Å². The highest BCUT2D eigenvalue weighted by molar-refractivity contribution is 5.83. The molecule has 12 nitrogen and oxygen atoms in total. The first-order valence-electron chi connectivity index (χ1n) is 16.2. The van der Waals surface area contributed by atoms with Gasteiger partial charge in [0.2, 0.25) is 11.8 Å². The number of rotatable bonds is 12. The Bertz CT molecular complexity index is 1840. The number of unbranched alkanes of at least 4 members (excludes halogenated alkanes) is 1. The average Bonchev–Trinajstić information content (AvgIpc) is 3.82. The predicted octanol–water partition coefficient (Wildman–Crippen LogP) is 4.11. The number of aryl methyl sites for hydroxylation is 1. The van der Waals surface area contributed by atoms with E-state index >= 15 is 4.39 Å². The Morgan fingerprint density at radius 3 is 2.58 bits per heavy atom. The highest BCUT2D eigenvalue weighted by atomic mass is 19.1. The number of fused-ring (bicyclic) bond motifs is 1. The van der Waals surface area contributed by atoms with Crippen LogP contribution in [0.3, 0.4) is 0 Å². The minimum absolute atomic E-state index is 0.0552. The van der Waals surface area contributed by atoms with Gasteiger partial charge in [-0.05, 0) is 75.0 Å². The Hall–Kier alpha value is -5.22. The lowest BCUT2D eigenvalue weighted by Gasteiger charge is -2.29. The molecule has 3 amide bonds. The topological polar surface area (TPSA) is 168 Å². The fourth-order valence-corrected chi connectivity index (χ4v) is 5.96. The van der Waals surface area contributed by atoms with Gasteiger partial charge in [0.15, 0.2) is 0 Å². The maximum Gasteiger partial charge on any atom is 0.405 e. The normalized spacial score (nSPS) is 14.9. The van der Waals surface area contributed by atoms with Gasteiger partial charge < -0.3 is 35.9 Å². The molecule has 0 aliphatic carbocycles. The zero-order valence-electron chi connectivity index (χ0n) is 27.3. The summed E-state index contributed by atoms with van der Waals surface area (Å²) in [5, 5.41) is 16.4. The highest BCUT2D eigenvalue weighted by Gasteiger charge is 2.36. The van der Waals surface area contributed by atoms with Crippen molar-refractivity contribution in [3.8, 4) is 23.1 Å². The molecule has 1 fully saturated rings. The fourth-order valence-electron chi connectivity index (χ4n) is 5.96. The molecular formula is C35H41FN8O4. The molecule has 252 valence electrons. The monoisotopic (exact) mass is 656 g/mol. The number of halogens is 1. The van der Waals surface area contributed by atoms with Crippen molar-refractivity contribution in [3.05, 3.63) is 71.2 Å². The summed E-state index contributed by atoms with van der Waals surface area (Å²) in [4.78, 5) is 52.8. The molecule has 0 radical (unpaired) electrons. The number of likely N-dealkylation sites (N-methyl/N-ethyl adjacent to an activating group) is 1. The molecule has 48 heavy (non-hydrogen) atoms. The third-order valence-corrected chi connectivity index (χ3v) is 8.39. The van der Waals surface area contributed by atoms with Crippen LogP contribution in [0, 0.1) is 23.6 Å². The first kappa shape index (κ1) is 34.1. The van der Waals surface area contributed by atoms with Gasteiger partial charge in [-0.2, -0.15) is 0 Å². The van der Waals surface area contributed by atoms with Crippen LogP contribution in [0.25, 0.3) is 22.3 Å². The maximum absolute atomic E-state index is 15.3. The van der Waals surface area contributed by atoms with Gasteiger partial charge in [-0.25, -0.2) is 19.2 Å². The first-order valence-corrected chi connectivity index (χ1v) is 16.2. The number of benzene rings is 2. The Morgan fingerprint density at radius 2 is 1.85 bits per heavy atom. The summed E-state index contributed by atoms with van der Waals surface area (Å²) < 4.78 is 15.3. The van der Waals surface area contributed by atoms with Gasteiger partial charge in [0.25, 0.3) is 0 Å². The van der Waals surface area contributed by atoms with Gasteiger partial charge >= 0.3 is 6.09 Å². The number of H-pyrrole nitrogens is 2. The van der Waals surface area contributed by atoms with Crippen molar-refractivity contribution in [2.24, 2.45) is 5.92 Å². The lowest BCUT2D eigenvalue weighted by Crippen LogP contribution is -2.47. The van der Waals surface area contributed by atoms with Gasteiger partial charge in [0, 0.05) is 36.2 Å². The number of imidazole rings is 2. The van der Waals surface area contributed by atoms with Crippen molar-refractivity contribution in [1.29, 1.82) is 0 Å². The molecule has 1 aliphatic rings. The molecule has 13 heteroatoms. The van der Waals surface area contributed by atoms with E-state index in [-0.39, 0.29) is 36.4 Å². The molecule has 4 aromatic rings. The number of carboxylic acid groups (broad SMARTS) is 1. The summed E-state index contributed by atoms with van der Waals surface area (Å²) in [5.41, 5.74) is 3.88. The number of likely N-dealkylation sites (tertiary alicyclic amines) is 1. The second kappa shape index (κ2) is 15.6. The van der Waals surface area contributed by atoms with Gasteiger partial charge in [-0.15, -0.1) is 0 Å². The lowest BCUT2D eigenvalue weighted by atomic mass is 10.0. The smallest absolute Gasteiger partial charge is 0.405 e. The predicted molar refractivity (Wildman–Crippen MR) is 179 cm³/mol. The molecule has 0 spiro atoms. The molecule has 2 aromatic carbocycles. The molecular weight excluding hydrogens is 615 g/mol. The third kappa shape index (κ3) is 8.38. The number of aromatic nitrogens is 4. The van der Waals surface area contributed by atoms with Crippen LogP contribution in [0.1, 0.15) is 68.3 Å². The number of hydrogen-bond donors (Lipinski definition) is 6. The van der Waals surface area contributed by atoms with Crippen molar-refractivity contribution < 1.29 is 23.9 Å². The number of nitrogens with one attached hydrogen (secondary N) is 5. The van der Waals surface area contributed by atoms with Crippen LogP contribution >= 0.6 is 0 Å². The SMILES string of the molecule is CNC(C(=O)N1CCCC1c1ncc(-c2ccc(C#Cc3ccc4nc(CCCCNC(=O)CNC(=O)O)[nH]c4c3)cc2F)[nH]1)C(C)C. The second-order valence-electron chi connectivity index (χ2n) is 12.2. The summed E-state index contributed by atoms with van der Waals surface area (Å²) >= 11 is 0. The van der Waals surface area contributed by atoms with E-state index in [9.17, 15) is 14.4 Å². The van der Waals surface area contributed by atoms with E-state index in [4.69, 9.17) is 5.11 Å². The van der Waals surface area contributed by atoms with Crippen LogP contribution in [0.5, 0.6) is 0 Å². The number of hydrogen-bond acceptors (Lipinski definition) is 6. The number of aromatic amines is 2. The Morgan fingerprint density at radius 1 is 1.08 bits per heavy atom. The Balaban J connectivity index is 1.18. The summed E-state index contributed by atoms with van der Waals surface area (Å²) in [6.07, 6.45) is 4.26. The first-order chi connectivity index (χ1) is 23.1. The number of carbonyl (C=O) groups is 3. The number of nitrogens with zero attached hydrogens (tertiary/aromatic N) is 3. The Labute approximate surface area is 278 Å². The van der Waals surface area contributed by atoms with Crippen LogP contribution in [-0.4, -0.2) is 80.6 Å².